The first kappa shape index (κ1) is 13.6. The molecule has 1 aromatic carbocycles. The molecule has 1 saturated heterocycles. The maximum atomic E-state index is 12.3. The summed E-state index contributed by atoms with van der Waals surface area (Å²) in [5, 5.41) is 10.9. The standard InChI is InChI=1S/C15H19N5O/c21-15(17-13-5-2-1-3-6-13)19-10-4-7-14(8-11-19)20-12-9-16-18-20/h1-3,5-6,9,12,14H,4,7-8,10-11H2,(H,17,21). The van der Waals surface area contributed by atoms with Crippen LogP contribution in [0.1, 0.15) is 25.3 Å². The molecule has 1 aliphatic rings. The molecule has 0 bridgehead atoms. The number of aromatic nitrogens is 3. The monoisotopic (exact) mass is 285 g/mol. The Morgan fingerprint density at radius 2 is 2.05 bits per heavy atom. The minimum Gasteiger partial charge on any atom is -0.324 e. The largest absolute Gasteiger partial charge is 0.324 e. The number of nitrogens with zero attached hydrogens (tertiary/aromatic N) is 4. The predicted molar refractivity (Wildman–Crippen MR) is 79.9 cm³/mol. The summed E-state index contributed by atoms with van der Waals surface area (Å²) in [5.41, 5.74) is 0.833. The lowest BCUT2D eigenvalue weighted by Crippen LogP contribution is -2.35. The van der Waals surface area contributed by atoms with Gasteiger partial charge in [0.15, 0.2) is 0 Å². The molecule has 3 rings (SSSR count). The summed E-state index contributed by atoms with van der Waals surface area (Å²) < 4.78 is 1.90. The van der Waals surface area contributed by atoms with Gasteiger partial charge in [-0.25, -0.2) is 9.48 Å². The Hall–Kier alpha value is -2.37. The maximum absolute atomic E-state index is 12.3. The molecule has 0 spiro atoms. The van der Waals surface area contributed by atoms with Crippen LogP contribution >= 0.6 is 0 Å². The lowest BCUT2D eigenvalue weighted by molar-refractivity contribution is 0.213. The molecule has 0 saturated carbocycles. The number of urea groups is 1. The number of hydrogen-bond donors (Lipinski definition) is 1. The van der Waals surface area contributed by atoms with E-state index in [9.17, 15) is 4.79 Å². The van der Waals surface area contributed by atoms with Gasteiger partial charge in [-0.05, 0) is 31.4 Å². The molecule has 110 valence electrons. The van der Waals surface area contributed by atoms with Gasteiger partial charge < -0.3 is 10.2 Å². The molecule has 0 aliphatic carbocycles. The van der Waals surface area contributed by atoms with Crippen molar-refractivity contribution in [3.8, 4) is 0 Å². The highest BCUT2D eigenvalue weighted by atomic mass is 16.2. The summed E-state index contributed by atoms with van der Waals surface area (Å²) in [6, 6.07) is 9.87. The molecule has 2 heterocycles. The molecule has 1 unspecified atom stereocenters. The quantitative estimate of drug-likeness (QED) is 0.922. The summed E-state index contributed by atoms with van der Waals surface area (Å²) in [6.45, 7) is 1.52. The van der Waals surface area contributed by atoms with Crippen molar-refractivity contribution in [3.63, 3.8) is 0 Å². The van der Waals surface area contributed by atoms with Crippen molar-refractivity contribution in [2.24, 2.45) is 0 Å². The van der Waals surface area contributed by atoms with Crippen molar-refractivity contribution in [2.45, 2.75) is 25.3 Å². The van der Waals surface area contributed by atoms with E-state index in [0.29, 0.717) is 6.04 Å². The summed E-state index contributed by atoms with van der Waals surface area (Å²) in [5.74, 6) is 0. The van der Waals surface area contributed by atoms with E-state index >= 15 is 0 Å². The van der Waals surface area contributed by atoms with Crippen molar-refractivity contribution < 1.29 is 4.79 Å². The number of carbonyl (C=O) groups is 1. The van der Waals surface area contributed by atoms with Crippen molar-refractivity contribution in [1.29, 1.82) is 0 Å². The molecular formula is C15H19N5O. The lowest BCUT2D eigenvalue weighted by atomic mass is 10.1. The number of rotatable bonds is 2. The number of benzene rings is 1. The number of anilines is 1. The molecule has 1 aromatic heterocycles. The summed E-state index contributed by atoms with van der Waals surface area (Å²) >= 11 is 0. The normalized spacial score (nSPS) is 19.0. The van der Waals surface area contributed by atoms with Crippen LogP contribution < -0.4 is 5.32 Å². The number of para-hydroxylation sites is 1. The predicted octanol–water partition coefficient (Wildman–Crippen LogP) is 2.54. The van der Waals surface area contributed by atoms with Crippen LogP contribution in [0.3, 0.4) is 0 Å². The topological polar surface area (TPSA) is 63.1 Å². The van der Waals surface area contributed by atoms with Crippen LogP contribution in [0.15, 0.2) is 42.7 Å². The van der Waals surface area contributed by atoms with Gasteiger partial charge >= 0.3 is 6.03 Å². The van der Waals surface area contributed by atoms with Crippen molar-refractivity contribution in [3.05, 3.63) is 42.7 Å². The van der Waals surface area contributed by atoms with Crippen LogP contribution in [0.25, 0.3) is 0 Å². The van der Waals surface area contributed by atoms with Crippen molar-refractivity contribution in [2.75, 3.05) is 18.4 Å². The van der Waals surface area contributed by atoms with Crippen LogP contribution in [0.5, 0.6) is 0 Å². The smallest absolute Gasteiger partial charge is 0.321 e. The molecule has 0 radical (unpaired) electrons. The zero-order valence-corrected chi connectivity index (χ0v) is 11.9. The summed E-state index contributed by atoms with van der Waals surface area (Å²) in [6.07, 6.45) is 6.51. The fourth-order valence-corrected chi connectivity index (χ4v) is 2.68. The molecule has 1 aliphatic heterocycles. The molecule has 2 aromatic rings. The number of amides is 2. The second kappa shape index (κ2) is 6.39. The third-order valence-corrected chi connectivity index (χ3v) is 3.82. The third kappa shape index (κ3) is 3.39. The summed E-state index contributed by atoms with van der Waals surface area (Å²) in [7, 11) is 0. The highest BCUT2D eigenvalue weighted by Gasteiger charge is 2.21. The zero-order valence-electron chi connectivity index (χ0n) is 11.9. The molecule has 1 atom stereocenters. The van der Waals surface area contributed by atoms with E-state index in [1.807, 2.05) is 46.1 Å². The van der Waals surface area contributed by atoms with Crippen molar-refractivity contribution >= 4 is 11.7 Å². The van der Waals surface area contributed by atoms with E-state index in [0.717, 1.165) is 38.0 Å². The SMILES string of the molecule is O=C(Nc1ccccc1)N1CCCC(n2ccnn2)CC1. The number of likely N-dealkylation sites (tertiary alicyclic amines) is 1. The van der Waals surface area contributed by atoms with Crippen LogP contribution in [0, 0.1) is 0 Å². The number of nitrogens with one attached hydrogen (secondary N) is 1. The first-order chi connectivity index (χ1) is 10.3. The number of hydrogen-bond acceptors (Lipinski definition) is 3. The van der Waals surface area contributed by atoms with Gasteiger partial charge in [-0.3, -0.25) is 0 Å². The van der Waals surface area contributed by atoms with Gasteiger partial charge in [0, 0.05) is 25.0 Å². The Labute approximate surface area is 123 Å². The van der Waals surface area contributed by atoms with Crippen molar-refractivity contribution in [1.82, 2.24) is 19.9 Å². The first-order valence-electron chi connectivity index (χ1n) is 7.30. The van der Waals surface area contributed by atoms with E-state index in [1.54, 1.807) is 6.20 Å². The third-order valence-electron chi connectivity index (χ3n) is 3.82. The van der Waals surface area contributed by atoms with E-state index in [1.165, 1.54) is 0 Å². The van der Waals surface area contributed by atoms with Crippen LogP contribution in [0.4, 0.5) is 10.5 Å². The van der Waals surface area contributed by atoms with E-state index < -0.39 is 0 Å². The van der Waals surface area contributed by atoms with Crippen LogP contribution in [0.2, 0.25) is 0 Å². The fraction of sp³-hybridized carbons (Fsp3) is 0.400. The highest BCUT2D eigenvalue weighted by molar-refractivity contribution is 5.89. The lowest BCUT2D eigenvalue weighted by Gasteiger charge is -2.21. The average Bonchev–Trinajstić information content (AvgIpc) is 2.93. The van der Waals surface area contributed by atoms with E-state index in [-0.39, 0.29) is 6.03 Å². The van der Waals surface area contributed by atoms with Gasteiger partial charge in [-0.15, -0.1) is 5.10 Å². The maximum Gasteiger partial charge on any atom is 0.321 e. The van der Waals surface area contributed by atoms with Gasteiger partial charge in [0.2, 0.25) is 0 Å². The van der Waals surface area contributed by atoms with Gasteiger partial charge in [-0.2, -0.15) is 0 Å². The Kier molecular flexibility index (Phi) is 4.14. The Balaban J connectivity index is 1.58. The highest BCUT2D eigenvalue weighted by Crippen LogP contribution is 2.21. The Morgan fingerprint density at radius 3 is 2.81 bits per heavy atom. The molecule has 1 N–H and O–H groups in total. The molecule has 1 fully saturated rings. The Morgan fingerprint density at radius 1 is 1.19 bits per heavy atom. The van der Waals surface area contributed by atoms with E-state index in [4.69, 9.17) is 0 Å². The second-order valence-electron chi connectivity index (χ2n) is 5.25. The molecule has 21 heavy (non-hydrogen) atoms. The molecule has 2 amide bonds. The molecule has 6 heteroatoms. The number of carbonyl (C=O) groups excluding carboxylic acids is 1. The minimum absolute atomic E-state index is 0.0274. The van der Waals surface area contributed by atoms with Crippen LogP contribution in [-0.4, -0.2) is 39.0 Å². The first-order valence-corrected chi connectivity index (χ1v) is 7.30. The zero-order chi connectivity index (χ0) is 14.5. The van der Waals surface area contributed by atoms with Gasteiger partial charge in [0.1, 0.15) is 0 Å². The molecular weight excluding hydrogens is 266 g/mol. The summed E-state index contributed by atoms with van der Waals surface area (Å²) in [4.78, 5) is 14.2. The van der Waals surface area contributed by atoms with Gasteiger partial charge in [0.25, 0.3) is 0 Å². The minimum atomic E-state index is -0.0274. The van der Waals surface area contributed by atoms with Gasteiger partial charge in [0.05, 0.1) is 12.2 Å². The second-order valence-corrected chi connectivity index (χ2v) is 5.25. The van der Waals surface area contributed by atoms with Crippen LogP contribution in [-0.2, 0) is 0 Å². The Bertz CT molecular complexity index is 569. The van der Waals surface area contributed by atoms with E-state index in [2.05, 4.69) is 15.6 Å². The average molecular weight is 285 g/mol. The fourth-order valence-electron chi connectivity index (χ4n) is 2.68. The molecule has 6 nitrogen and oxygen atoms in total. The van der Waals surface area contributed by atoms with Gasteiger partial charge in [-0.1, -0.05) is 23.4 Å².